The van der Waals surface area contributed by atoms with Crippen molar-refractivity contribution >= 4 is 0 Å². The van der Waals surface area contributed by atoms with Crippen molar-refractivity contribution in [2.75, 3.05) is 6.61 Å². The molecule has 0 bridgehead atoms. The number of azide groups is 1. The number of ether oxygens (including phenoxy) is 4. The summed E-state index contributed by atoms with van der Waals surface area (Å²) in [5.41, 5.74) is 9.70. The smallest absolute Gasteiger partial charge is 0.190 e. The predicted molar refractivity (Wildman–Crippen MR) is 83.7 cm³/mol. The highest BCUT2D eigenvalue weighted by atomic mass is 16.8. The average molecular weight is 335 g/mol. The van der Waals surface area contributed by atoms with Gasteiger partial charge in [-0.15, -0.1) is 0 Å². The van der Waals surface area contributed by atoms with Crippen LogP contribution < -0.4 is 0 Å². The Morgan fingerprint density at radius 1 is 1.33 bits per heavy atom. The molecule has 1 aromatic carbocycles. The Labute approximate surface area is 139 Å². The molecule has 0 saturated carbocycles. The van der Waals surface area contributed by atoms with Gasteiger partial charge in [-0.3, -0.25) is 0 Å². The molecule has 5 atom stereocenters. The van der Waals surface area contributed by atoms with E-state index in [1.165, 1.54) is 0 Å². The lowest BCUT2D eigenvalue weighted by atomic mass is 10.0. The first-order chi connectivity index (χ1) is 11.5. The van der Waals surface area contributed by atoms with Crippen LogP contribution in [0.5, 0.6) is 0 Å². The highest BCUT2D eigenvalue weighted by Crippen LogP contribution is 2.40. The van der Waals surface area contributed by atoms with Gasteiger partial charge in [0, 0.05) is 4.91 Å². The Kier molecular flexibility index (Phi) is 5.05. The topological polar surface area (TPSA) is 106 Å². The molecule has 2 aliphatic heterocycles. The lowest BCUT2D eigenvalue weighted by Crippen LogP contribution is -2.43. The molecule has 3 rings (SSSR count). The van der Waals surface area contributed by atoms with Gasteiger partial charge in [0.25, 0.3) is 0 Å². The third-order valence-corrected chi connectivity index (χ3v) is 4.08. The Morgan fingerprint density at radius 3 is 2.75 bits per heavy atom. The molecule has 0 amide bonds. The lowest BCUT2D eigenvalue weighted by Gasteiger charge is -2.28. The minimum absolute atomic E-state index is 0.344. The van der Waals surface area contributed by atoms with Crippen LogP contribution in [0.4, 0.5) is 0 Å². The van der Waals surface area contributed by atoms with Gasteiger partial charge >= 0.3 is 0 Å². The second-order valence-corrected chi connectivity index (χ2v) is 6.29. The van der Waals surface area contributed by atoms with E-state index in [4.69, 9.17) is 24.5 Å². The number of nitrogens with zero attached hydrogens (tertiary/aromatic N) is 3. The molecule has 1 aromatic rings. The highest BCUT2D eigenvalue weighted by molar-refractivity contribution is 5.13. The molecule has 24 heavy (non-hydrogen) atoms. The zero-order valence-corrected chi connectivity index (χ0v) is 13.6. The summed E-state index contributed by atoms with van der Waals surface area (Å²) < 4.78 is 23.4. The first-order valence-corrected chi connectivity index (χ1v) is 7.86. The van der Waals surface area contributed by atoms with Crippen molar-refractivity contribution < 1.29 is 24.1 Å². The van der Waals surface area contributed by atoms with Crippen LogP contribution in [0.1, 0.15) is 19.4 Å². The third-order valence-electron chi connectivity index (χ3n) is 4.08. The maximum Gasteiger partial charge on any atom is 0.190 e. The number of benzene rings is 1. The van der Waals surface area contributed by atoms with E-state index in [-0.39, 0.29) is 6.61 Å². The summed E-state index contributed by atoms with van der Waals surface area (Å²) in [7, 11) is 0. The number of fused-ring (bicyclic) bond motifs is 1. The van der Waals surface area contributed by atoms with E-state index >= 15 is 0 Å². The zero-order chi connectivity index (χ0) is 17.2. The Hall–Kier alpha value is -1.67. The highest BCUT2D eigenvalue weighted by Gasteiger charge is 2.56. The normalized spacial score (nSPS) is 32.1. The van der Waals surface area contributed by atoms with Gasteiger partial charge in [-0.25, -0.2) is 0 Å². The van der Waals surface area contributed by atoms with Crippen LogP contribution in [0.25, 0.3) is 10.4 Å². The molecule has 0 radical (unpaired) electrons. The first-order valence-electron chi connectivity index (χ1n) is 7.86. The molecule has 2 aliphatic rings. The molecule has 0 aromatic heterocycles. The number of aliphatic hydroxyl groups excluding tert-OH is 1. The quantitative estimate of drug-likeness (QED) is 0.487. The van der Waals surface area contributed by atoms with Gasteiger partial charge in [0.2, 0.25) is 0 Å². The molecule has 130 valence electrons. The molecular formula is C16H21N3O5. The summed E-state index contributed by atoms with van der Waals surface area (Å²) in [5.74, 6) is -0.776. The van der Waals surface area contributed by atoms with Gasteiger partial charge in [0.15, 0.2) is 12.1 Å². The van der Waals surface area contributed by atoms with Crippen LogP contribution in [0.2, 0.25) is 0 Å². The molecule has 8 nitrogen and oxygen atoms in total. The number of rotatable bonds is 6. The lowest BCUT2D eigenvalue weighted by molar-refractivity contribution is -0.222. The summed E-state index contributed by atoms with van der Waals surface area (Å²) in [5, 5.41) is 13.1. The number of hydrogen-bond donors (Lipinski definition) is 1. The second-order valence-electron chi connectivity index (χ2n) is 6.29. The summed E-state index contributed by atoms with van der Waals surface area (Å²) >= 11 is 0. The summed E-state index contributed by atoms with van der Waals surface area (Å²) in [6, 6.07) is 8.93. The van der Waals surface area contributed by atoms with Gasteiger partial charge in [-0.05, 0) is 24.9 Å². The van der Waals surface area contributed by atoms with E-state index in [0.29, 0.717) is 6.61 Å². The fourth-order valence-corrected chi connectivity index (χ4v) is 3.04. The molecule has 1 unspecified atom stereocenters. The van der Waals surface area contributed by atoms with Crippen molar-refractivity contribution in [3.63, 3.8) is 0 Å². The fourth-order valence-electron chi connectivity index (χ4n) is 3.04. The van der Waals surface area contributed by atoms with E-state index in [2.05, 4.69) is 10.0 Å². The minimum atomic E-state index is -0.776. The van der Waals surface area contributed by atoms with Crippen LogP contribution in [0, 0.1) is 0 Å². The summed E-state index contributed by atoms with van der Waals surface area (Å²) in [6.07, 6.45) is -2.22. The predicted octanol–water partition coefficient (Wildman–Crippen LogP) is 2.12. The van der Waals surface area contributed by atoms with E-state index in [9.17, 15) is 5.11 Å². The van der Waals surface area contributed by atoms with Crippen molar-refractivity contribution in [3.8, 4) is 0 Å². The molecule has 8 heteroatoms. The van der Waals surface area contributed by atoms with Gasteiger partial charge in [-0.2, -0.15) is 0 Å². The van der Waals surface area contributed by atoms with Crippen molar-refractivity contribution in [1.82, 2.24) is 0 Å². The average Bonchev–Trinajstić information content (AvgIpc) is 3.03. The van der Waals surface area contributed by atoms with Crippen LogP contribution in [0.15, 0.2) is 35.4 Å². The minimum Gasteiger partial charge on any atom is -0.396 e. The number of hydrogen-bond acceptors (Lipinski definition) is 6. The van der Waals surface area contributed by atoms with E-state index in [1.54, 1.807) is 13.8 Å². The molecule has 1 N–H and O–H groups in total. The van der Waals surface area contributed by atoms with Crippen molar-refractivity contribution in [2.45, 2.75) is 56.9 Å². The van der Waals surface area contributed by atoms with Crippen LogP contribution in [-0.4, -0.2) is 48.1 Å². The number of aliphatic hydroxyl groups is 1. The SMILES string of the molecule is CC1(C)O[C@H]2O[C@H](C(CO)N=[N+]=[N-])[C@H](OCc3ccccc3)[C@H]2O1. The molecule has 0 spiro atoms. The zero-order valence-electron chi connectivity index (χ0n) is 13.6. The first kappa shape index (κ1) is 17.2. The van der Waals surface area contributed by atoms with Crippen molar-refractivity contribution in [1.29, 1.82) is 0 Å². The maximum atomic E-state index is 9.50. The molecule has 0 aliphatic carbocycles. The monoisotopic (exact) mass is 335 g/mol. The van der Waals surface area contributed by atoms with E-state index in [0.717, 1.165) is 5.56 Å². The van der Waals surface area contributed by atoms with Crippen LogP contribution in [0.3, 0.4) is 0 Å². The van der Waals surface area contributed by atoms with Crippen molar-refractivity contribution in [2.24, 2.45) is 5.11 Å². The maximum absolute atomic E-state index is 9.50. The van der Waals surface area contributed by atoms with Gasteiger partial charge in [0.1, 0.15) is 18.3 Å². The second kappa shape index (κ2) is 7.06. The van der Waals surface area contributed by atoms with Crippen LogP contribution in [-0.2, 0) is 25.6 Å². The summed E-state index contributed by atoms with van der Waals surface area (Å²) in [4.78, 5) is 2.77. The Bertz CT molecular complexity index is 605. The van der Waals surface area contributed by atoms with E-state index in [1.807, 2.05) is 30.3 Å². The molecule has 2 heterocycles. The van der Waals surface area contributed by atoms with E-state index < -0.39 is 36.4 Å². The van der Waals surface area contributed by atoms with Gasteiger partial charge < -0.3 is 24.1 Å². The Balaban J connectivity index is 1.77. The van der Waals surface area contributed by atoms with Gasteiger partial charge in [0.05, 0.1) is 19.3 Å². The van der Waals surface area contributed by atoms with Gasteiger partial charge in [-0.1, -0.05) is 35.4 Å². The molecule has 2 fully saturated rings. The summed E-state index contributed by atoms with van der Waals surface area (Å²) in [6.45, 7) is 3.61. The fraction of sp³-hybridized carbons (Fsp3) is 0.625. The standard InChI is InChI=1S/C16H21N3O5/c1-16(2)23-14-13(21-9-10-6-4-3-5-7-10)12(22-15(14)24-16)11(8-20)18-19-17/h3-7,11-15,20H,8-9H2,1-2H3/t11?,12-,13+,14-,15-/m1/s1. The van der Waals surface area contributed by atoms with Crippen LogP contribution >= 0.6 is 0 Å². The Morgan fingerprint density at radius 2 is 2.08 bits per heavy atom. The largest absolute Gasteiger partial charge is 0.396 e. The third kappa shape index (κ3) is 3.54. The molecule has 2 saturated heterocycles. The molecular weight excluding hydrogens is 314 g/mol. The van der Waals surface area contributed by atoms with Crippen molar-refractivity contribution in [3.05, 3.63) is 46.3 Å².